The van der Waals surface area contributed by atoms with E-state index in [2.05, 4.69) is 5.32 Å². The molecule has 8 heteroatoms. The number of hydrogen-bond donors (Lipinski definition) is 1. The molecule has 5 nitrogen and oxygen atoms in total. The molecule has 1 N–H and O–H groups in total. The van der Waals surface area contributed by atoms with Crippen molar-refractivity contribution >= 4 is 29.4 Å². The van der Waals surface area contributed by atoms with Gasteiger partial charge in [0, 0.05) is 12.5 Å². The van der Waals surface area contributed by atoms with E-state index in [9.17, 15) is 18.4 Å². The van der Waals surface area contributed by atoms with E-state index in [1.807, 2.05) is 0 Å². The Kier molecular flexibility index (Phi) is 5.46. The SMILES string of the molecule is CC(=O)NCC1CN(c2cc(F)c(C3CCSCC3)c(F)c2)C(=O)O1. The Morgan fingerprint density at radius 1 is 1.32 bits per heavy atom. The minimum atomic E-state index is -0.670. The molecular formula is C17H20F2N2O3S. The molecule has 2 amide bonds. The maximum absolute atomic E-state index is 14.5. The molecule has 2 fully saturated rings. The second-order valence-electron chi connectivity index (χ2n) is 6.26. The van der Waals surface area contributed by atoms with Crippen LogP contribution in [0.3, 0.4) is 0 Å². The molecule has 1 atom stereocenters. The number of nitrogens with one attached hydrogen (secondary N) is 1. The lowest BCUT2D eigenvalue weighted by Gasteiger charge is -2.23. The van der Waals surface area contributed by atoms with Crippen molar-refractivity contribution in [3.8, 4) is 0 Å². The molecule has 1 unspecified atom stereocenters. The second-order valence-corrected chi connectivity index (χ2v) is 7.49. The number of anilines is 1. The lowest BCUT2D eigenvalue weighted by molar-refractivity contribution is -0.119. The number of thioether (sulfide) groups is 1. The van der Waals surface area contributed by atoms with Crippen molar-refractivity contribution in [2.75, 3.05) is 29.5 Å². The fraction of sp³-hybridized carbons (Fsp3) is 0.529. The molecule has 2 aliphatic rings. The van der Waals surface area contributed by atoms with Crippen molar-refractivity contribution in [2.24, 2.45) is 0 Å². The van der Waals surface area contributed by atoms with Crippen molar-refractivity contribution < 1.29 is 23.1 Å². The second kappa shape index (κ2) is 7.59. The first-order valence-corrected chi connectivity index (χ1v) is 9.40. The fourth-order valence-corrected chi connectivity index (χ4v) is 4.31. The van der Waals surface area contributed by atoms with Crippen LogP contribution in [0.5, 0.6) is 0 Å². The highest BCUT2D eigenvalue weighted by molar-refractivity contribution is 7.99. The topological polar surface area (TPSA) is 58.6 Å². The summed E-state index contributed by atoms with van der Waals surface area (Å²) in [5.74, 6) is 0.202. The van der Waals surface area contributed by atoms with Crippen LogP contribution in [0.2, 0.25) is 0 Å². The summed E-state index contributed by atoms with van der Waals surface area (Å²) in [6.07, 6.45) is 0.290. The zero-order valence-electron chi connectivity index (χ0n) is 13.9. The third-order valence-electron chi connectivity index (χ3n) is 4.46. The maximum Gasteiger partial charge on any atom is 0.414 e. The van der Waals surface area contributed by atoms with Gasteiger partial charge in [0.25, 0.3) is 0 Å². The summed E-state index contributed by atoms with van der Waals surface area (Å²) < 4.78 is 34.2. The van der Waals surface area contributed by atoms with Crippen LogP contribution in [0.4, 0.5) is 19.3 Å². The van der Waals surface area contributed by atoms with E-state index < -0.39 is 23.8 Å². The molecule has 1 aromatic rings. The Balaban J connectivity index is 1.76. The van der Waals surface area contributed by atoms with E-state index in [4.69, 9.17) is 4.74 Å². The van der Waals surface area contributed by atoms with Gasteiger partial charge in [-0.15, -0.1) is 0 Å². The maximum atomic E-state index is 14.5. The Hall–Kier alpha value is -1.83. The van der Waals surface area contributed by atoms with Crippen molar-refractivity contribution in [1.82, 2.24) is 5.32 Å². The molecule has 0 spiro atoms. The molecule has 1 aromatic carbocycles. The minimum Gasteiger partial charge on any atom is -0.442 e. The number of carbonyl (C=O) groups is 2. The predicted octanol–water partition coefficient (Wildman–Crippen LogP) is 3.04. The van der Waals surface area contributed by atoms with Crippen LogP contribution in [0.15, 0.2) is 12.1 Å². The van der Waals surface area contributed by atoms with Crippen LogP contribution in [-0.2, 0) is 9.53 Å². The van der Waals surface area contributed by atoms with Gasteiger partial charge < -0.3 is 10.1 Å². The number of rotatable bonds is 4. The highest BCUT2D eigenvalue weighted by Gasteiger charge is 2.34. The summed E-state index contributed by atoms with van der Waals surface area (Å²) in [5, 5.41) is 2.56. The van der Waals surface area contributed by atoms with E-state index in [0.29, 0.717) is 0 Å². The van der Waals surface area contributed by atoms with Gasteiger partial charge in [-0.2, -0.15) is 11.8 Å². The Labute approximate surface area is 149 Å². The van der Waals surface area contributed by atoms with Gasteiger partial charge in [0.05, 0.1) is 18.8 Å². The highest BCUT2D eigenvalue weighted by Crippen LogP contribution is 2.36. The Bertz CT molecular complexity index is 657. The van der Waals surface area contributed by atoms with E-state index in [-0.39, 0.29) is 36.2 Å². The van der Waals surface area contributed by atoms with Gasteiger partial charge in [-0.3, -0.25) is 9.69 Å². The molecule has 2 aliphatic heterocycles. The van der Waals surface area contributed by atoms with Gasteiger partial charge >= 0.3 is 6.09 Å². The number of nitrogens with zero attached hydrogens (tertiary/aromatic N) is 1. The average Bonchev–Trinajstić information content (AvgIpc) is 2.94. The molecule has 25 heavy (non-hydrogen) atoms. The average molecular weight is 370 g/mol. The summed E-state index contributed by atoms with van der Waals surface area (Å²) >= 11 is 1.79. The zero-order valence-corrected chi connectivity index (χ0v) is 14.7. The third-order valence-corrected chi connectivity index (χ3v) is 5.51. The molecule has 0 bridgehead atoms. The standard InChI is InChI=1S/C17H20F2N2O3S/c1-10(22)20-8-13-9-21(17(23)24-13)12-6-14(18)16(15(19)7-12)11-2-4-25-5-3-11/h6-7,11,13H,2-5,8-9H2,1H3,(H,20,22). The molecule has 2 saturated heterocycles. The third kappa shape index (κ3) is 4.05. The van der Waals surface area contributed by atoms with Crippen LogP contribution in [0, 0.1) is 11.6 Å². The number of benzene rings is 1. The van der Waals surface area contributed by atoms with Gasteiger partial charge in [0.15, 0.2) is 0 Å². The Morgan fingerprint density at radius 2 is 1.96 bits per heavy atom. The number of cyclic esters (lactones) is 1. The molecule has 136 valence electrons. The first kappa shape index (κ1) is 18.0. The number of hydrogen-bond acceptors (Lipinski definition) is 4. The molecule has 2 heterocycles. The smallest absolute Gasteiger partial charge is 0.414 e. The summed E-state index contributed by atoms with van der Waals surface area (Å²) in [6.45, 7) is 1.67. The normalized spacial score (nSPS) is 21.3. The number of amides is 2. The number of carbonyl (C=O) groups excluding carboxylic acids is 2. The first-order chi connectivity index (χ1) is 12.0. The highest BCUT2D eigenvalue weighted by atomic mass is 32.2. The van der Waals surface area contributed by atoms with Gasteiger partial charge in [-0.25, -0.2) is 13.6 Å². The minimum absolute atomic E-state index is 0.117. The molecule has 0 saturated carbocycles. The molecule has 3 rings (SSSR count). The summed E-state index contributed by atoms with van der Waals surface area (Å²) in [7, 11) is 0. The van der Waals surface area contributed by atoms with Crippen LogP contribution in [0.1, 0.15) is 31.2 Å². The summed E-state index contributed by atoms with van der Waals surface area (Å²) in [4.78, 5) is 24.1. The largest absolute Gasteiger partial charge is 0.442 e. The van der Waals surface area contributed by atoms with E-state index in [0.717, 1.165) is 24.3 Å². The van der Waals surface area contributed by atoms with E-state index >= 15 is 0 Å². The van der Waals surface area contributed by atoms with Crippen LogP contribution >= 0.6 is 11.8 Å². The van der Waals surface area contributed by atoms with Gasteiger partial charge in [0.1, 0.15) is 17.7 Å². The number of halogens is 2. The van der Waals surface area contributed by atoms with Crippen molar-refractivity contribution in [2.45, 2.75) is 31.8 Å². The van der Waals surface area contributed by atoms with Crippen molar-refractivity contribution in [3.63, 3.8) is 0 Å². The monoisotopic (exact) mass is 370 g/mol. The fourth-order valence-electron chi connectivity index (χ4n) is 3.20. The molecule has 0 radical (unpaired) electrons. The van der Waals surface area contributed by atoms with Crippen molar-refractivity contribution in [1.29, 1.82) is 0 Å². The molecular weight excluding hydrogens is 350 g/mol. The van der Waals surface area contributed by atoms with Crippen LogP contribution < -0.4 is 10.2 Å². The zero-order chi connectivity index (χ0) is 18.0. The summed E-state index contributed by atoms with van der Waals surface area (Å²) in [6, 6.07) is 2.39. The lowest BCUT2D eigenvalue weighted by Crippen LogP contribution is -2.33. The number of ether oxygens (including phenoxy) is 1. The quantitative estimate of drug-likeness (QED) is 0.885. The van der Waals surface area contributed by atoms with Crippen LogP contribution in [-0.4, -0.2) is 42.7 Å². The van der Waals surface area contributed by atoms with Gasteiger partial charge in [-0.05, 0) is 42.4 Å². The van der Waals surface area contributed by atoms with Gasteiger partial charge in [0.2, 0.25) is 5.91 Å². The lowest BCUT2D eigenvalue weighted by atomic mass is 9.92. The summed E-state index contributed by atoms with van der Waals surface area (Å²) in [5.41, 5.74) is 0.255. The molecule has 0 aromatic heterocycles. The molecule has 0 aliphatic carbocycles. The van der Waals surface area contributed by atoms with Crippen LogP contribution in [0.25, 0.3) is 0 Å². The van der Waals surface area contributed by atoms with E-state index in [1.165, 1.54) is 24.0 Å². The first-order valence-electron chi connectivity index (χ1n) is 8.25. The van der Waals surface area contributed by atoms with Gasteiger partial charge in [-0.1, -0.05) is 0 Å². The predicted molar refractivity (Wildman–Crippen MR) is 92.0 cm³/mol. The van der Waals surface area contributed by atoms with Crippen molar-refractivity contribution in [3.05, 3.63) is 29.3 Å². The Morgan fingerprint density at radius 3 is 2.56 bits per heavy atom. The van der Waals surface area contributed by atoms with E-state index in [1.54, 1.807) is 11.8 Å².